The molecule has 2 fully saturated rings. The molecule has 1 N–H and O–H groups in total. The summed E-state index contributed by atoms with van der Waals surface area (Å²) in [6, 6.07) is 0.684. The summed E-state index contributed by atoms with van der Waals surface area (Å²) in [5, 5.41) is 4.73. The lowest BCUT2D eigenvalue weighted by atomic mass is 9.85. The predicted octanol–water partition coefficient (Wildman–Crippen LogP) is 4.14. The fraction of sp³-hybridized carbons (Fsp3) is 0.824. The summed E-state index contributed by atoms with van der Waals surface area (Å²) in [4.78, 5) is 9.00. The second-order valence-corrected chi connectivity index (χ2v) is 7.86. The molecular formula is C17H29N3S. The number of hydrogen-bond acceptors (Lipinski definition) is 4. The Morgan fingerprint density at radius 3 is 2.67 bits per heavy atom. The van der Waals surface area contributed by atoms with Crippen molar-refractivity contribution in [1.82, 2.24) is 10.3 Å². The highest BCUT2D eigenvalue weighted by atomic mass is 32.1. The molecule has 21 heavy (non-hydrogen) atoms. The van der Waals surface area contributed by atoms with E-state index >= 15 is 0 Å². The zero-order chi connectivity index (χ0) is 14.8. The Balaban J connectivity index is 1.77. The molecule has 0 radical (unpaired) electrons. The lowest BCUT2D eigenvalue weighted by molar-refractivity contribution is 0.321. The quantitative estimate of drug-likeness (QED) is 0.856. The molecule has 0 amide bonds. The highest BCUT2D eigenvalue weighted by Crippen LogP contribution is 2.44. The first kappa shape index (κ1) is 15.3. The average molecular weight is 308 g/mol. The summed E-state index contributed by atoms with van der Waals surface area (Å²) < 4.78 is 0. The maximum Gasteiger partial charge on any atom is 0.185 e. The first-order valence-electron chi connectivity index (χ1n) is 8.63. The van der Waals surface area contributed by atoms with E-state index in [-0.39, 0.29) is 0 Å². The van der Waals surface area contributed by atoms with Gasteiger partial charge in [0.1, 0.15) is 0 Å². The van der Waals surface area contributed by atoms with E-state index in [2.05, 4.69) is 31.1 Å². The fourth-order valence-electron chi connectivity index (χ4n) is 3.56. The molecule has 2 unspecified atom stereocenters. The van der Waals surface area contributed by atoms with E-state index in [4.69, 9.17) is 4.98 Å². The van der Waals surface area contributed by atoms with Crippen LogP contribution in [0.3, 0.4) is 0 Å². The van der Waals surface area contributed by atoms with Crippen molar-refractivity contribution in [3.63, 3.8) is 0 Å². The minimum Gasteiger partial charge on any atom is -0.348 e. The van der Waals surface area contributed by atoms with Crippen LogP contribution >= 0.6 is 11.3 Å². The Morgan fingerprint density at radius 2 is 2.00 bits per heavy atom. The number of thiazole rings is 1. The number of nitrogens with zero attached hydrogens (tertiary/aromatic N) is 2. The zero-order valence-electron chi connectivity index (χ0n) is 13.7. The van der Waals surface area contributed by atoms with E-state index in [1.54, 1.807) is 0 Å². The normalized spacial score (nSPS) is 26.0. The maximum atomic E-state index is 5.04. The summed E-state index contributed by atoms with van der Waals surface area (Å²) in [6.45, 7) is 6.62. The summed E-state index contributed by atoms with van der Waals surface area (Å²) in [5.74, 6) is 1.55. The summed E-state index contributed by atoms with van der Waals surface area (Å²) in [6.07, 6.45) is 8.17. The van der Waals surface area contributed by atoms with Gasteiger partial charge in [0.25, 0.3) is 0 Å². The van der Waals surface area contributed by atoms with Crippen LogP contribution in [0.2, 0.25) is 0 Å². The van der Waals surface area contributed by atoms with Gasteiger partial charge in [-0.1, -0.05) is 26.7 Å². The van der Waals surface area contributed by atoms with E-state index in [0.29, 0.717) is 6.04 Å². The van der Waals surface area contributed by atoms with E-state index in [1.807, 2.05) is 11.3 Å². The molecule has 3 rings (SSSR count). The lowest BCUT2D eigenvalue weighted by Gasteiger charge is -2.36. The molecule has 2 saturated carbocycles. The van der Waals surface area contributed by atoms with Crippen LogP contribution in [0.5, 0.6) is 0 Å². The van der Waals surface area contributed by atoms with Crippen molar-refractivity contribution in [3.8, 4) is 0 Å². The summed E-state index contributed by atoms with van der Waals surface area (Å²) in [7, 11) is 2.26. The van der Waals surface area contributed by atoms with Gasteiger partial charge in [0.05, 0.1) is 5.69 Å². The monoisotopic (exact) mass is 307 g/mol. The maximum absolute atomic E-state index is 5.04. The standard InChI is InChI=1S/C17H29N3S/c1-4-18-11-15-16(13-9-10-13)19-17(21-15)20(3)14-8-6-5-7-12(14)2/h12-14,18H,4-11H2,1-3H3. The number of nitrogens with one attached hydrogen (secondary N) is 1. The topological polar surface area (TPSA) is 28.2 Å². The molecule has 118 valence electrons. The van der Waals surface area contributed by atoms with Crippen molar-refractivity contribution in [3.05, 3.63) is 10.6 Å². The Morgan fingerprint density at radius 1 is 1.24 bits per heavy atom. The van der Waals surface area contributed by atoms with Crippen LogP contribution in [0.1, 0.15) is 68.9 Å². The van der Waals surface area contributed by atoms with E-state index in [9.17, 15) is 0 Å². The first-order valence-corrected chi connectivity index (χ1v) is 9.45. The molecule has 0 spiro atoms. The Hall–Kier alpha value is -0.610. The van der Waals surface area contributed by atoms with Gasteiger partial charge in [-0.25, -0.2) is 4.98 Å². The van der Waals surface area contributed by atoms with Crippen molar-refractivity contribution in [2.45, 2.75) is 70.9 Å². The second kappa shape index (κ2) is 6.66. The molecule has 1 aromatic heterocycles. The van der Waals surface area contributed by atoms with Crippen LogP contribution in [-0.2, 0) is 6.54 Å². The zero-order valence-corrected chi connectivity index (χ0v) is 14.5. The van der Waals surface area contributed by atoms with Gasteiger partial charge in [0.2, 0.25) is 0 Å². The highest BCUT2D eigenvalue weighted by molar-refractivity contribution is 7.15. The smallest absolute Gasteiger partial charge is 0.185 e. The summed E-state index contributed by atoms with van der Waals surface area (Å²) in [5.41, 5.74) is 1.39. The molecule has 2 aliphatic rings. The van der Waals surface area contributed by atoms with Crippen molar-refractivity contribution in [2.75, 3.05) is 18.5 Å². The highest BCUT2D eigenvalue weighted by Gasteiger charge is 2.32. The molecule has 4 heteroatoms. The van der Waals surface area contributed by atoms with Gasteiger partial charge in [-0.15, -0.1) is 11.3 Å². The molecule has 0 saturated heterocycles. The van der Waals surface area contributed by atoms with Crippen LogP contribution in [0.15, 0.2) is 0 Å². The minimum atomic E-state index is 0.684. The molecule has 0 bridgehead atoms. The Kier molecular flexibility index (Phi) is 4.85. The van der Waals surface area contributed by atoms with Crippen LogP contribution in [-0.4, -0.2) is 24.6 Å². The Bertz CT molecular complexity index is 467. The van der Waals surface area contributed by atoms with Crippen LogP contribution in [0.25, 0.3) is 0 Å². The first-order chi connectivity index (χ1) is 10.2. The molecular weight excluding hydrogens is 278 g/mol. The largest absolute Gasteiger partial charge is 0.348 e. The van der Waals surface area contributed by atoms with Crippen molar-refractivity contribution in [1.29, 1.82) is 0 Å². The number of aromatic nitrogens is 1. The third-order valence-corrected chi connectivity index (χ3v) is 6.24. The van der Waals surface area contributed by atoms with Gasteiger partial charge >= 0.3 is 0 Å². The molecule has 0 aliphatic heterocycles. The number of anilines is 1. The van der Waals surface area contributed by atoms with Crippen molar-refractivity contribution in [2.24, 2.45) is 5.92 Å². The van der Waals surface area contributed by atoms with E-state index < -0.39 is 0 Å². The van der Waals surface area contributed by atoms with Crippen LogP contribution in [0, 0.1) is 5.92 Å². The fourth-order valence-corrected chi connectivity index (χ4v) is 4.69. The third kappa shape index (κ3) is 3.42. The Labute approximate surface area is 133 Å². The summed E-state index contributed by atoms with van der Waals surface area (Å²) >= 11 is 1.92. The van der Waals surface area contributed by atoms with Crippen LogP contribution in [0.4, 0.5) is 5.13 Å². The molecule has 3 nitrogen and oxygen atoms in total. The van der Waals surface area contributed by atoms with Gasteiger partial charge in [0.15, 0.2) is 5.13 Å². The number of rotatable bonds is 6. The minimum absolute atomic E-state index is 0.684. The van der Waals surface area contributed by atoms with Gasteiger partial charge in [-0.3, -0.25) is 0 Å². The van der Waals surface area contributed by atoms with Gasteiger partial charge in [-0.2, -0.15) is 0 Å². The van der Waals surface area contributed by atoms with Crippen molar-refractivity contribution >= 4 is 16.5 Å². The molecule has 2 atom stereocenters. The molecule has 0 aromatic carbocycles. The van der Waals surface area contributed by atoms with E-state index in [0.717, 1.165) is 24.9 Å². The average Bonchev–Trinajstić information content (AvgIpc) is 3.25. The van der Waals surface area contributed by atoms with Gasteiger partial charge in [-0.05, 0) is 38.1 Å². The molecule has 1 aromatic rings. The van der Waals surface area contributed by atoms with Gasteiger partial charge < -0.3 is 10.2 Å². The molecule has 1 heterocycles. The van der Waals surface area contributed by atoms with Crippen LogP contribution < -0.4 is 10.2 Å². The van der Waals surface area contributed by atoms with Gasteiger partial charge in [0, 0.05) is 30.4 Å². The molecule has 2 aliphatic carbocycles. The number of hydrogen-bond donors (Lipinski definition) is 1. The SMILES string of the molecule is CCNCc1sc(N(C)C2CCCCC2C)nc1C1CC1. The second-order valence-electron chi connectivity index (χ2n) is 6.80. The third-order valence-electron chi connectivity index (χ3n) is 5.08. The van der Waals surface area contributed by atoms with Crippen molar-refractivity contribution < 1.29 is 0 Å². The van der Waals surface area contributed by atoms with E-state index in [1.165, 1.54) is 54.2 Å². The lowest BCUT2D eigenvalue weighted by Crippen LogP contribution is -2.38. The predicted molar refractivity (Wildman–Crippen MR) is 91.3 cm³/mol.